The van der Waals surface area contributed by atoms with E-state index in [1.165, 1.54) is 0 Å². The molecule has 4 aliphatic rings. The highest BCUT2D eigenvalue weighted by atomic mass is 32.2. The average molecular weight is 643 g/mol. The second-order valence-corrected chi connectivity index (χ2v) is 16.7. The van der Waals surface area contributed by atoms with Crippen molar-refractivity contribution in [3.63, 3.8) is 0 Å². The van der Waals surface area contributed by atoms with Crippen LogP contribution < -0.4 is 5.32 Å². The Hall–Kier alpha value is -2.40. The lowest BCUT2D eigenvalue weighted by Gasteiger charge is -2.27. The highest BCUT2D eigenvalue weighted by molar-refractivity contribution is 7.99. The zero-order chi connectivity index (χ0) is 32.2. The summed E-state index contributed by atoms with van der Waals surface area (Å²) in [5, 5.41) is 2.99. The first-order valence-corrected chi connectivity index (χ1v) is 18.7. The van der Waals surface area contributed by atoms with Gasteiger partial charge in [0, 0.05) is 49.3 Å². The summed E-state index contributed by atoms with van der Waals surface area (Å²) in [4.78, 5) is 55.9. The van der Waals surface area contributed by atoms with E-state index in [0.29, 0.717) is 63.2 Å². The number of hydrogen-bond donors (Lipinski definition) is 1. The molecule has 0 aromatic heterocycles. The van der Waals surface area contributed by atoms with Gasteiger partial charge in [-0.1, -0.05) is 50.8 Å². The predicted molar refractivity (Wildman–Crippen MR) is 175 cm³/mol. The van der Waals surface area contributed by atoms with E-state index in [-0.39, 0.29) is 49.1 Å². The fourth-order valence-corrected chi connectivity index (χ4v) is 8.72. The van der Waals surface area contributed by atoms with E-state index in [1.807, 2.05) is 23.1 Å². The third kappa shape index (κ3) is 9.33. The van der Waals surface area contributed by atoms with Crippen LogP contribution in [0.25, 0.3) is 0 Å². The minimum Gasteiger partial charge on any atom is -0.379 e. The molecule has 9 nitrogen and oxygen atoms in total. The minimum absolute atomic E-state index is 0.0135. The van der Waals surface area contributed by atoms with Gasteiger partial charge >= 0.3 is 0 Å². The van der Waals surface area contributed by atoms with Gasteiger partial charge < -0.3 is 14.8 Å². The Balaban J connectivity index is 1.30. The van der Waals surface area contributed by atoms with Gasteiger partial charge in [0.1, 0.15) is 11.4 Å². The topological polar surface area (TPSA) is 122 Å². The van der Waals surface area contributed by atoms with Gasteiger partial charge in [0.25, 0.3) is 0 Å². The van der Waals surface area contributed by atoms with E-state index in [4.69, 9.17) is 9.47 Å². The summed E-state index contributed by atoms with van der Waals surface area (Å²) in [6.45, 7) is 6.77. The van der Waals surface area contributed by atoms with Crippen LogP contribution in [0, 0.1) is 17.8 Å². The monoisotopic (exact) mass is 642 g/mol. The number of ether oxygens (including phenoxy) is 2. The molecule has 0 spiro atoms. The van der Waals surface area contributed by atoms with Crippen LogP contribution in [0.3, 0.4) is 0 Å². The molecule has 1 aromatic rings. The van der Waals surface area contributed by atoms with Crippen LogP contribution in [-0.2, 0) is 56.8 Å². The molecule has 45 heavy (non-hydrogen) atoms. The van der Waals surface area contributed by atoms with Crippen molar-refractivity contribution in [2.75, 3.05) is 45.2 Å². The molecule has 1 amide bonds. The molecule has 3 heterocycles. The standard InChI is InChI=1S/C35H50N2O7S/c1-24(16-30(38)21-37-11-13-43-14-12-37)34(41)36-31(19-26-8-9-28-22-45(3,42)15-10-27(28)18-26)32(39)20-29(17-25-6-4-5-7-25)33(40)35(2)23-44-35/h8-9,18,24-25,29,31H,3-7,10-17,19-23H2,1-2H3,(H,36,41). The Morgan fingerprint density at radius 2 is 1.82 bits per heavy atom. The Bertz CT molecular complexity index is 1370. The molecule has 1 N–H and O–H groups in total. The lowest BCUT2D eigenvalue weighted by atomic mass is 9.81. The first kappa shape index (κ1) is 33.9. The molecule has 5 atom stereocenters. The van der Waals surface area contributed by atoms with E-state index < -0.39 is 33.0 Å². The van der Waals surface area contributed by atoms with Crippen molar-refractivity contribution < 1.29 is 32.9 Å². The van der Waals surface area contributed by atoms with Crippen molar-refractivity contribution in [3.05, 3.63) is 34.9 Å². The summed E-state index contributed by atoms with van der Waals surface area (Å²) in [6, 6.07) is 5.11. The fraction of sp³-hybridized carbons (Fsp3) is 0.686. The lowest BCUT2D eigenvalue weighted by molar-refractivity contribution is -0.134. The van der Waals surface area contributed by atoms with Crippen molar-refractivity contribution in [1.29, 1.82) is 0 Å². The molecule has 0 radical (unpaired) electrons. The second kappa shape index (κ2) is 14.6. The number of benzene rings is 1. The molecule has 0 bridgehead atoms. The third-order valence-corrected chi connectivity index (χ3v) is 11.9. The molecule has 1 aliphatic carbocycles. The number of hydrogen-bond acceptors (Lipinski definition) is 8. The first-order valence-electron chi connectivity index (χ1n) is 16.7. The van der Waals surface area contributed by atoms with Crippen LogP contribution in [0.4, 0.5) is 0 Å². The number of amides is 1. The summed E-state index contributed by atoms with van der Waals surface area (Å²) in [5.41, 5.74) is 2.20. The van der Waals surface area contributed by atoms with Crippen LogP contribution >= 0.6 is 0 Å². The van der Waals surface area contributed by atoms with Gasteiger partial charge in [-0.05, 0) is 64.2 Å². The molecule has 2 saturated heterocycles. The molecular weight excluding hydrogens is 592 g/mol. The molecule has 5 unspecified atom stereocenters. The van der Waals surface area contributed by atoms with Gasteiger partial charge in [0.05, 0.1) is 32.4 Å². The first-order chi connectivity index (χ1) is 21.4. The molecule has 3 aliphatic heterocycles. The van der Waals surface area contributed by atoms with Gasteiger partial charge in [-0.3, -0.25) is 28.3 Å². The van der Waals surface area contributed by atoms with Crippen LogP contribution in [-0.4, -0.2) is 95.1 Å². The maximum atomic E-state index is 14.1. The lowest BCUT2D eigenvalue weighted by Crippen LogP contribution is -2.46. The summed E-state index contributed by atoms with van der Waals surface area (Å²) in [6.07, 6.45) is 6.19. The highest BCUT2D eigenvalue weighted by Gasteiger charge is 2.50. The number of carbonyl (C=O) groups is 4. The number of morpholine rings is 1. The molecular formula is C35H50N2O7S. The number of epoxide rings is 1. The predicted octanol–water partition coefficient (Wildman–Crippen LogP) is 2.93. The van der Waals surface area contributed by atoms with Crippen molar-refractivity contribution in [2.45, 2.75) is 89.0 Å². The Kier molecular flexibility index (Phi) is 11.0. The van der Waals surface area contributed by atoms with Gasteiger partial charge in [-0.2, -0.15) is 0 Å². The van der Waals surface area contributed by atoms with E-state index in [0.717, 1.165) is 42.4 Å². The highest BCUT2D eigenvalue weighted by Crippen LogP contribution is 2.37. The molecule has 10 heteroatoms. The van der Waals surface area contributed by atoms with Gasteiger partial charge in [0.2, 0.25) is 5.91 Å². The van der Waals surface area contributed by atoms with Crippen LogP contribution in [0.1, 0.15) is 75.5 Å². The van der Waals surface area contributed by atoms with Crippen molar-refractivity contribution >= 4 is 38.6 Å². The van der Waals surface area contributed by atoms with E-state index in [1.54, 1.807) is 13.8 Å². The Morgan fingerprint density at radius 3 is 2.51 bits per heavy atom. The van der Waals surface area contributed by atoms with Crippen LogP contribution in [0.2, 0.25) is 0 Å². The number of nitrogens with one attached hydrogen (secondary N) is 1. The normalized spacial score (nSPS) is 27.2. The summed E-state index contributed by atoms with van der Waals surface area (Å²) in [7, 11) is -2.12. The minimum atomic E-state index is -2.12. The number of fused-ring (bicyclic) bond motifs is 1. The number of Topliss-reactive ketones (excluding diaryl/α,β-unsaturated/α-hetero) is 3. The van der Waals surface area contributed by atoms with Crippen molar-refractivity contribution in [2.24, 2.45) is 17.8 Å². The molecule has 248 valence electrons. The zero-order valence-electron chi connectivity index (χ0n) is 27.0. The SMILES string of the molecule is C=S1(=O)CCc2cc(CC(NC(=O)C(C)CC(=O)CN3CCOCC3)C(=O)CC(CC3CCCC3)C(=O)C3(C)CO3)ccc2C1. The largest absolute Gasteiger partial charge is 0.379 e. The maximum absolute atomic E-state index is 14.1. The smallest absolute Gasteiger partial charge is 0.223 e. The zero-order valence-corrected chi connectivity index (χ0v) is 27.8. The summed E-state index contributed by atoms with van der Waals surface area (Å²) in [5.74, 6) is 3.70. The van der Waals surface area contributed by atoms with Gasteiger partial charge in [-0.25, -0.2) is 0 Å². The number of ketones is 3. The number of rotatable bonds is 15. The Labute approximate surface area is 268 Å². The van der Waals surface area contributed by atoms with Crippen LogP contribution in [0.15, 0.2) is 18.2 Å². The van der Waals surface area contributed by atoms with Crippen molar-refractivity contribution in [3.8, 4) is 0 Å². The Morgan fingerprint density at radius 1 is 1.11 bits per heavy atom. The quantitative estimate of drug-likeness (QED) is 0.229. The average Bonchev–Trinajstić information content (AvgIpc) is 3.54. The van der Waals surface area contributed by atoms with E-state index >= 15 is 0 Å². The van der Waals surface area contributed by atoms with Crippen molar-refractivity contribution in [1.82, 2.24) is 10.2 Å². The second-order valence-electron chi connectivity index (χ2n) is 14.1. The van der Waals surface area contributed by atoms with Gasteiger partial charge in [0.15, 0.2) is 11.6 Å². The number of nitrogens with zero attached hydrogens (tertiary/aromatic N) is 1. The number of carbonyl (C=O) groups excluding carboxylic acids is 4. The summed E-state index contributed by atoms with van der Waals surface area (Å²) >= 11 is 0. The number of aryl methyl sites for hydroxylation is 1. The van der Waals surface area contributed by atoms with Gasteiger partial charge in [-0.15, -0.1) is 0 Å². The molecule has 1 aromatic carbocycles. The molecule has 5 rings (SSSR count). The molecule has 1 saturated carbocycles. The van der Waals surface area contributed by atoms with Crippen LogP contribution in [0.5, 0.6) is 0 Å². The fourth-order valence-electron chi connectivity index (χ4n) is 7.13. The maximum Gasteiger partial charge on any atom is 0.223 e. The van der Waals surface area contributed by atoms with E-state index in [9.17, 15) is 23.4 Å². The molecule has 3 fully saturated rings. The summed E-state index contributed by atoms with van der Waals surface area (Å²) < 4.78 is 23.4. The third-order valence-electron chi connectivity index (χ3n) is 10.1. The van der Waals surface area contributed by atoms with E-state index in [2.05, 4.69) is 11.2 Å².